The van der Waals surface area contributed by atoms with Crippen LogP contribution in [0.15, 0.2) is 12.4 Å². The highest BCUT2D eigenvalue weighted by Gasteiger charge is 2.50. The monoisotopic (exact) mass is 733 g/mol. The maximum atomic E-state index is 13.7. The Labute approximate surface area is 304 Å². The van der Waals surface area contributed by atoms with Crippen LogP contribution in [0.4, 0.5) is 18.0 Å². The van der Waals surface area contributed by atoms with Crippen molar-refractivity contribution in [3.8, 4) is 5.95 Å². The lowest BCUT2D eigenvalue weighted by Crippen LogP contribution is -2.61. The van der Waals surface area contributed by atoms with E-state index >= 15 is 0 Å². The Morgan fingerprint density at radius 2 is 1.60 bits per heavy atom. The average Bonchev–Trinajstić information content (AvgIpc) is 3.55. The van der Waals surface area contributed by atoms with E-state index in [1.54, 1.807) is 6.20 Å². The predicted molar refractivity (Wildman–Crippen MR) is 187 cm³/mol. The highest BCUT2D eigenvalue weighted by atomic mass is 19.4. The van der Waals surface area contributed by atoms with Crippen molar-refractivity contribution >= 4 is 18.0 Å². The van der Waals surface area contributed by atoms with Gasteiger partial charge in [0, 0.05) is 76.5 Å². The van der Waals surface area contributed by atoms with Crippen LogP contribution in [0.25, 0.3) is 5.95 Å². The topological polar surface area (TPSA) is 134 Å². The Kier molecular flexibility index (Phi) is 12.9. The molecule has 1 N–H and O–H groups in total. The molecule has 1 unspecified atom stereocenters. The van der Waals surface area contributed by atoms with Gasteiger partial charge in [-0.25, -0.2) is 24.5 Å². The number of ether oxygens (including phenoxy) is 1. The van der Waals surface area contributed by atoms with E-state index in [4.69, 9.17) is 14.6 Å². The van der Waals surface area contributed by atoms with Gasteiger partial charge in [0.15, 0.2) is 0 Å². The number of piperidine rings is 2. The van der Waals surface area contributed by atoms with E-state index in [9.17, 15) is 22.8 Å². The van der Waals surface area contributed by atoms with E-state index in [2.05, 4.69) is 31.7 Å². The average molecular weight is 734 g/mol. The van der Waals surface area contributed by atoms with E-state index in [0.717, 1.165) is 77.2 Å². The van der Waals surface area contributed by atoms with Gasteiger partial charge in [-0.1, -0.05) is 39.0 Å². The van der Waals surface area contributed by atoms with Gasteiger partial charge < -0.3 is 19.6 Å². The number of aliphatic carboxylic acids is 1. The second-order valence-electron chi connectivity index (χ2n) is 15.0. The third-order valence-corrected chi connectivity index (χ3v) is 11.5. The highest BCUT2D eigenvalue weighted by Crippen LogP contribution is 2.42. The van der Waals surface area contributed by atoms with Gasteiger partial charge in [0.25, 0.3) is 5.91 Å². The molecule has 4 fully saturated rings. The fraction of sp³-hybridized carbons (Fsp3) is 0.730. The van der Waals surface area contributed by atoms with Crippen molar-refractivity contribution in [1.82, 2.24) is 34.2 Å². The van der Waals surface area contributed by atoms with E-state index in [-0.39, 0.29) is 17.6 Å². The van der Waals surface area contributed by atoms with Crippen LogP contribution < -0.4 is 0 Å². The quantitative estimate of drug-likeness (QED) is 0.323. The van der Waals surface area contributed by atoms with E-state index in [0.29, 0.717) is 40.8 Å². The molecule has 12 nitrogen and oxygen atoms in total. The van der Waals surface area contributed by atoms with Crippen molar-refractivity contribution in [2.24, 2.45) is 11.8 Å². The lowest BCUT2D eigenvalue weighted by Gasteiger charge is -2.52. The van der Waals surface area contributed by atoms with Crippen LogP contribution in [0.5, 0.6) is 0 Å². The minimum absolute atomic E-state index is 0.0283. The maximum Gasteiger partial charge on any atom is 0.490 e. The molecule has 2 aromatic rings. The summed E-state index contributed by atoms with van der Waals surface area (Å²) in [7, 11) is 0. The number of carboxylic acids is 1. The third-order valence-electron chi connectivity index (χ3n) is 11.5. The van der Waals surface area contributed by atoms with Crippen LogP contribution >= 0.6 is 0 Å². The van der Waals surface area contributed by atoms with Crippen LogP contribution in [0, 0.1) is 32.6 Å². The lowest BCUT2D eigenvalue weighted by molar-refractivity contribution is -0.192. The third kappa shape index (κ3) is 9.24. The number of hydrogen-bond donors (Lipinski definition) is 1. The van der Waals surface area contributed by atoms with E-state index in [1.807, 2.05) is 36.4 Å². The second-order valence-corrected chi connectivity index (χ2v) is 15.0. The highest BCUT2D eigenvalue weighted by molar-refractivity contribution is 5.96. The molecule has 3 saturated heterocycles. The first-order valence-corrected chi connectivity index (χ1v) is 18.9. The largest absolute Gasteiger partial charge is 0.490 e. The molecule has 6 rings (SSSR count). The van der Waals surface area contributed by atoms with Gasteiger partial charge >= 0.3 is 18.2 Å². The van der Waals surface area contributed by atoms with Gasteiger partial charge in [0.05, 0.1) is 17.0 Å². The van der Waals surface area contributed by atoms with Gasteiger partial charge in [-0.3, -0.25) is 14.3 Å². The van der Waals surface area contributed by atoms with Crippen molar-refractivity contribution in [2.45, 2.75) is 123 Å². The van der Waals surface area contributed by atoms with Crippen LogP contribution in [0.1, 0.15) is 112 Å². The number of nitrogens with zero attached hydrogens (tertiary/aromatic N) is 7. The summed E-state index contributed by atoms with van der Waals surface area (Å²) in [6.07, 6.45) is 12.1. The molecular weight excluding hydrogens is 679 g/mol. The van der Waals surface area contributed by atoms with Crippen LogP contribution in [-0.4, -0.2) is 114 Å². The Bertz CT molecular complexity index is 1520. The van der Waals surface area contributed by atoms with Crippen LogP contribution in [0.3, 0.4) is 0 Å². The number of alkyl halides is 3. The van der Waals surface area contributed by atoms with Gasteiger partial charge in [-0.15, -0.1) is 0 Å². The number of imidazole rings is 1. The minimum Gasteiger partial charge on any atom is -0.475 e. The standard InChI is InChI=1S/C35H53N7O3.C2HF3O2/c1-5-6-12-29-24-41(23-28-10-8-7-9-11-28)34(44)45-35(29)15-20-39(21-16-35)30-13-18-40(19-14-30)32(43)31-25(2)37-33(38-26(31)3)42-22-17-36-27(42)4;3-2(4,5)1(6)7/h17,22,28-30H,5-16,18-21,23-24H2,1-4H3;(H,6,7). The normalized spacial score (nSPS) is 21.8. The van der Waals surface area contributed by atoms with Gasteiger partial charge in [-0.2, -0.15) is 13.2 Å². The first kappa shape index (κ1) is 39.5. The first-order chi connectivity index (χ1) is 24.7. The molecule has 15 heteroatoms. The Hall–Kier alpha value is -3.75. The molecule has 0 aromatic carbocycles. The summed E-state index contributed by atoms with van der Waals surface area (Å²) in [4.78, 5) is 56.1. The molecule has 4 aliphatic rings. The fourth-order valence-corrected chi connectivity index (χ4v) is 8.54. The second kappa shape index (κ2) is 16.9. The molecule has 1 aliphatic carbocycles. The number of carboxylic acid groups (broad SMARTS) is 1. The summed E-state index contributed by atoms with van der Waals surface area (Å²) in [5, 5.41) is 7.12. The SMILES string of the molecule is CCCCC1CN(CC2CCCCC2)C(=O)OC12CCN(C1CCN(C(=O)c3c(C)nc(-n4ccnc4C)nc3C)CC1)CC2.O=C(O)C(F)(F)F. The number of amides is 2. The molecule has 288 valence electrons. The molecule has 1 atom stereocenters. The zero-order valence-electron chi connectivity index (χ0n) is 31.0. The van der Waals surface area contributed by atoms with Gasteiger partial charge in [0.2, 0.25) is 5.95 Å². The van der Waals surface area contributed by atoms with Gasteiger partial charge in [0.1, 0.15) is 11.4 Å². The molecule has 52 heavy (non-hydrogen) atoms. The van der Waals surface area contributed by atoms with Crippen molar-refractivity contribution in [3.63, 3.8) is 0 Å². The molecule has 0 radical (unpaired) electrons. The molecule has 2 aromatic heterocycles. The van der Waals surface area contributed by atoms with Crippen molar-refractivity contribution in [1.29, 1.82) is 0 Å². The predicted octanol–water partition coefficient (Wildman–Crippen LogP) is 6.50. The zero-order chi connectivity index (χ0) is 37.6. The maximum absolute atomic E-state index is 13.7. The number of likely N-dealkylation sites (tertiary alicyclic amines) is 2. The Morgan fingerprint density at radius 3 is 2.13 bits per heavy atom. The first-order valence-electron chi connectivity index (χ1n) is 18.9. The number of carbonyl (C=O) groups is 3. The fourth-order valence-electron chi connectivity index (χ4n) is 8.54. The summed E-state index contributed by atoms with van der Waals surface area (Å²) in [6.45, 7) is 13.1. The number of unbranched alkanes of at least 4 members (excludes halogenated alkanes) is 1. The smallest absolute Gasteiger partial charge is 0.475 e. The summed E-state index contributed by atoms with van der Waals surface area (Å²) >= 11 is 0. The number of halogens is 3. The van der Waals surface area contributed by atoms with E-state index < -0.39 is 12.1 Å². The zero-order valence-corrected chi connectivity index (χ0v) is 31.0. The molecule has 5 heterocycles. The summed E-state index contributed by atoms with van der Waals surface area (Å²) in [5.74, 6) is -0.312. The number of aryl methyl sites for hydroxylation is 3. The molecule has 1 spiro atoms. The Balaban J connectivity index is 0.000000679. The van der Waals surface area contributed by atoms with Crippen molar-refractivity contribution in [3.05, 3.63) is 35.2 Å². The number of carbonyl (C=O) groups excluding carboxylic acids is 2. The Morgan fingerprint density at radius 1 is 0.981 bits per heavy atom. The number of aromatic nitrogens is 4. The molecule has 2 amide bonds. The number of rotatable bonds is 8. The molecular formula is C37H54F3N7O5. The van der Waals surface area contributed by atoms with Crippen molar-refractivity contribution < 1.29 is 37.4 Å². The van der Waals surface area contributed by atoms with Gasteiger partial charge in [-0.05, 0) is 58.8 Å². The molecule has 1 saturated carbocycles. The summed E-state index contributed by atoms with van der Waals surface area (Å²) in [6, 6.07) is 0.451. The summed E-state index contributed by atoms with van der Waals surface area (Å²) in [5.41, 5.74) is 1.70. The molecule has 3 aliphatic heterocycles. The van der Waals surface area contributed by atoms with Crippen LogP contribution in [0.2, 0.25) is 0 Å². The van der Waals surface area contributed by atoms with Crippen molar-refractivity contribution in [2.75, 3.05) is 39.3 Å². The summed E-state index contributed by atoms with van der Waals surface area (Å²) < 4.78 is 40.0. The lowest BCUT2D eigenvalue weighted by atomic mass is 9.75. The van der Waals surface area contributed by atoms with Crippen LogP contribution in [-0.2, 0) is 9.53 Å². The number of hydrogen-bond acceptors (Lipinski definition) is 8. The minimum atomic E-state index is -5.08. The molecule has 0 bridgehead atoms. The van der Waals surface area contributed by atoms with E-state index in [1.165, 1.54) is 44.9 Å².